The van der Waals surface area contributed by atoms with Gasteiger partial charge >= 0.3 is 7.12 Å². The molecule has 1 aliphatic rings. The first kappa shape index (κ1) is 8.89. The Morgan fingerprint density at radius 3 is 2.36 bits per heavy atom. The summed E-state index contributed by atoms with van der Waals surface area (Å²) < 4.78 is 19.9. The fourth-order valence-corrected chi connectivity index (χ4v) is 1.77. The molecule has 1 saturated heterocycles. The van der Waals surface area contributed by atoms with Crippen LogP contribution in [0.25, 0.3) is 0 Å². The van der Waals surface area contributed by atoms with Gasteiger partial charge in [-0.25, -0.2) is 0 Å². The summed E-state index contributed by atoms with van der Waals surface area (Å²) >= 11 is 1.29. The minimum Gasteiger partial charge on any atom is -0.399 e. The molecule has 0 radical (unpaired) electrons. The molecule has 14 heavy (non-hydrogen) atoms. The van der Waals surface area contributed by atoms with Gasteiger partial charge in [0.05, 0.1) is 22.8 Å². The highest BCUT2D eigenvalue weighted by atomic mass is 32.1. The first-order valence-electron chi connectivity index (χ1n) is 5.10. The van der Waals surface area contributed by atoms with Crippen LogP contribution in [0.4, 0.5) is 0 Å². The number of hydrogen-bond donors (Lipinski definition) is 0. The number of nitrogens with zero attached hydrogens (tertiary/aromatic N) is 1. The van der Waals surface area contributed by atoms with Crippen LogP contribution in [-0.4, -0.2) is 23.3 Å². The Hall–Kier alpha value is -0.385. The maximum Gasteiger partial charge on any atom is 0.507 e. The Kier molecular flexibility index (Phi) is 1.94. The second-order valence-electron chi connectivity index (χ2n) is 4.44. The molecule has 0 atom stereocenters. The van der Waals surface area contributed by atoms with Gasteiger partial charge in [-0.15, -0.1) is 11.3 Å². The van der Waals surface area contributed by atoms with Gasteiger partial charge < -0.3 is 9.31 Å². The quantitative estimate of drug-likeness (QED) is 0.660. The molecule has 0 aromatic carbocycles. The molecule has 5 heteroatoms. The first-order chi connectivity index (χ1) is 6.82. The van der Waals surface area contributed by atoms with Gasteiger partial charge in [0.15, 0.2) is 0 Å². The molecule has 0 N–H and O–H groups in total. The van der Waals surface area contributed by atoms with E-state index in [0.717, 1.165) is 4.78 Å². The van der Waals surface area contributed by atoms with Crippen LogP contribution in [0.1, 0.15) is 29.1 Å². The zero-order valence-corrected chi connectivity index (χ0v) is 9.64. The third-order valence-corrected chi connectivity index (χ3v) is 3.62. The van der Waals surface area contributed by atoms with Gasteiger partial charge in [-0.3, -0.25) is 4.98 Å². The van der Waals surface area contributed by atoms with E-state index >= 15 is 0 Å². The predicted octanol–water partition coefficient (Wildman–Crippen LogP) is 1.44. The van der Waals surface area contributed by atoms with Gasteiger partial charge in [-0.2, -0.15) is 0 Å². The van der Waals surface area contributed by atoms with Gasteiger partial charge in [0.25, 0.3) is 0 Å². The third-order valence-electron chi connectivity index (χ3n) is 2.89. The standard InChI is InChI=1S/C9H14BNO2S/c1-8(2)9(3,4)13-10(12-8)7-5-11-6-14-7/h5-6H,1-4H3/i6D. The number of thiazole rings is 1. The van der Waals surface area contributed by atoms with Gasteiger partial charge in [-0.05, 0) is 27.7 Å². The van der Waals surface area contributed by atoms with Crippen LogP contribution in [0.5, 0.6) is 0 Å². The van der Waals surface area contributed by atoms with Crippen molar-refractivity contribution in [1.82, 2.24) is 4.98 Å². The summed E-state index contributed by atoms with van der Waals surface area (Å²) in [5.74, 6) is 0. The van der Waals surface area contributed by atoms with E-state index < -0.39 is 0 Å². The number of aromatic nitrogens is 1. The fourth-order valence-electron chi connectivity index (χ4n) is 1.26. The summed E-state index contributed by atoms with van der Waals surface area (Å²) in [6, 6.07) is 0. The smallest absolute Gasteiger partial charge is 0.399 e. The van der Waals surface area contributed by atoms with Crippen molar-refractivity contribution in [2.24, 2.45) is 0 Å². The van der Waals surface area contributed by atoms with Crippen molar-refractivity contribution in [2.45, 2.75) is 38.9 Å². The lowest BCUT2D eigenvalue weighted by Gasteiger charge is -2.32. The van der Waals surface area contributed by atoms with E-state index in [1.165, 1.54) is 11.3 Å². The summed E-state index contributed by atoms with van der Waals surface area (Å²) in [5, 5.41) is 0. The summed E-state index contributed by atoms with van der Waals surface area (Å²) in [6.45, 7) is 8.04. The van der Waals surface area contributed by atoms with Gasteiger partial charge in [0.2, 0.25) is 0 Å². The molecule has 0 spiro atoms. The molecule has 1 aliphatic heterocycles. The van der Waals surface area contributed by atoms with Crippen LogP contribution in [0.15, 0.2) is 11.7 Å². The van der Waals surface area contributed by atoms with Crippen molar-refractivity contribution in [3.8, 4) is 0 Å². The highest BCUT2D eigenvalue weighted by Crippen LogP contribution is 2.36. The van der Waals surface area contributed by atoms with Crippen molar-refractivity contribution in [3.05, 3.63) is 11.7 Å². The Morgan fingerprint density at radius 1 is 1.36 bits per heavy atom. The molecule has 0 saturated carbocycles. The van der Waals surface area contributed by atoms with E-state index in [1.54, 1.807) is 6.20 Å². The van der Waals surface area contributed by atoms with E-state index in [2.05, 4.69) is 4.98 Å². The Bertz CT molecular complexity index is 364. The lowest BCUT2D eigenvalue weighted by molar-refractivity contribution is 0.00578. The Labute approximate surface area is 90.0 Å². The van der Waals surface area contributed by atoms with Crippen LogP contribution in [0, 0.1) is 0 Å². The zero-order chi connectivity index (χ0) is 11.3. The van der Waals surface area contributed by atoms with E-state index in [-0.39, 0.29) is 18.3 Å². The summed E-state index contributed by atoms with van der Waals surface area (Å²) in [4.78, 5) is 3.88. The molecule has 1 fully saturated rings. The largest absolute Gasteiger partial charge is 0.507 e. The third kappa shape index (κ3) is 1.49. The maximum absolute atomic E-state index is 7.37. The Balaban J connectivity index is 2.23. The molecule has 0 amide bonds. The first-order valence-corrected chi connectivity index (χ1v) is 5.41. The highest BCUT2D eigenvalue weighted by molar-refractivity contribution is 7.20. The Morgan fingerprint density at radius 2 is 1.93 bits per heavy atom. The second-order valence-corrected chi connectivity index (χ2v) is 5.30. The average molecular weight is 212 g/mol. The molecule has 3 nitrogen and oxygen atoms in total. The minimum absolute atomic E-state index is 0.291. The number of rotatable bonds is 1. The van der Waals surface area contributed by atoms with Crippen molar-refractivity contribution in [1.29, 1.82) is 0 Å². The molecule has 0 bridgehead atoms. The molecule has 1 aromatic heterocycles. The molecule has 0 unspecified atom stereocenters. The average Bonchev–Trinajstić information content (AvgIpc) is 2.56. The maximum atomic E-state index is 7.37. The topological polar surface area (TPSA) is 31.4 Å². The van der Waals surface area contributed by atoms with E-state index in [9.17, 15) is 0 Å². The van der Waals surface area contributed by atoms with Crippen molar-refractivity contribution in [3.63, 3.8) is 0 Å². The van der Waals surface area contributed by atoms with E-state index in [1.807, 2.05) is 27.7 Å². The summed E-state index contributed by atoms with van der Waals surface area (Å²) in [5.41, 5.74) is -0.368. The van der Waals surface area contributed by atoms with Gasteiger partial charge in [0.1, 0.15) is 0 Å². The van der Waals surface area contributed by atoms with E-state index in [0.29, 0.717) is 5.49 Å². The second kappa shape index (κ2) is 3.05. The molecular weight excluding hydrogens is 197 g/mol. The zero-order valence-electron chi connectivity index (χ0n) is 9.83. The molecular formula is C9H14BNO2S. The molecule has 1 aromatic rings. The minimum atomic E-state index is -0.383. The van der Waals surface area contributed by atoms with Gasteiger partial charge in [0, 0.05) is 6.20 Å². The van der Waals surface area contributed by atoms with Crippen molar-refractivity contribution in [2.75, 3.05) is 0 Å². The van der Waals surface area contributed by atoms with Gasteiger partial charge in [-0.1, -0.05) is 0 Å². The predicted molar refractivity (Wildman–Crippen MR) is 57.8 cm³/mol. The number of hydrogen-bond acceptors (Lipinski definition) is 4. The van der Waals surface area contributed by atoms with Crippen LogP contribution >= 0.6 is 11.3 Å². The van der Waals surface area contributed by atoms with E-state index in [4.69, 9.17) is 10.7 Å². The lowest BCUT2D eigenvalue weighted by Crippen LogP contribution is -2.41. The van der Waals surface area contributed by atoms with Crippen LogP contribution in [0.3, 0.4) is 0 Å². The van der Waals surface area contributed by atoms with Crippen molar-refractivity contribution < 1.29 is 10.7 Å². The van der Waals surface area contributed by atoms with Crippen LogP contribution < -0.4 is 4.78 Å². The van der Waals surface area contributed by atoms with Crippen LogP contribution in [0.2, 0.25) is 0 Å². The molecule has 2 heterocycles. The molecule has 76 valence electrons. The SMILES string of the molecule is [2H]c1ncc(B2OC(C)(C)C(C)(C)O2)s1. The lowest BCUT2D eigenvalue weighted by atomic mass is 9.89. The van der Waals surface area contributed by atoms with Crippen molar-refractivity contribution >= 4 is 23.2 Å². The summed E-state index contributed by atoms with van der Waals surface area (Å²) in [7, 11) is -0.383. The van der Waals surface area contributed by atoms with Crippen LogP contribution in [-0.2, 0) is 9.31 Å². The summed E-state index contributed by atoms with van der Waals surface area (Å²) in [6.07, 6.45) is 1.65. The fraction of sp³-hybridized carbons (Fsp3) is 0.667. The molecule has 2 rings (SSSR count). The molecule has 0 aliphatic carbocycles. The monoisotopic (exact) mass is 212 g/mol. The highest BCUT2D eigenvalue weighted by Gasteiger charge is 2.52. The normalized spacial score (nSPS) is 25.1.